The van der Waals surface area contributed by atoms with Crippen molar-refractivity contribution in [2.75, 3.05) is 5.32 Å². The van der Waals surface area contributed by atoms with Crippen LogP contribution in [0.4, 0.5) is 23.7 Å². The van der Waals surface area contributed by atoms with E-state index in [1.807, 2.05) is 6.92 Å². The van der Waals surface area contributed by atoms with Gasteiger partial charge in [-0.25, -0.2) is 22.9 Å². The number of pyridine rings is 1. The quantitative estimate of drug-likeness (QED) is 0.688. The van der Waals surface area contributed by atoms with E-state index in [4.69, 9.17) is 4.52 Å². The third-order valence-electron chi connectivity index (χ3n) is 4.90. The van der Waals surface area contributed by atoms with Gasteiger partial charge < -0.3 is 14.7 Å². The number of aromatic nitrogens is 2. The minimum atomic E-state index is -1.03. The van der Waals surface area contributed by atoms with Gasteiger partial charge in [0.15, 0.2) is 17.4 Å². The molecule has 1 aliphatic heterocycles. The van der Waals surface area contributed by atoms with Gasteiger partial charge in [0.1, 0.15) is 11.5 Å². The van der Waals surface area contributed by atoms with Gasteiger partial charge in [0.05, 0.1) is 18.4 Å². The molecule has 0 saturated heterocycles. The van der Waals surface area contributed by atoms with Gasteiger partial charge in [0.25, 0.3) is 0 Å². The molecule has 2 amide bonds. The van der Waals surface area contributed by atoms with Gasteiger partial charge in [-0.2, -0.15) is 0 Å². The number of anilines is 1. The van der Waals surface area contributed by atoms with Crippen LogP contribution in [0.2, 0.25) is 0 Å². The van der Waals surface area contributed by atoms with Crippen LogP contribution < -0.4 is 5.32 Å². The lowest BCUT2D eigenvalue weighted by Gasteiger charge is -2.32. The Hall–Kier alpha value is -3.36. The topological polar surface area (TPSA) is 71.3 Å². The van der Waals surface area contributed by atoms with Crippen LogP contribution in [-0.2, 0) is 13.0 Å². The standard InChI is InChI=1S/C20H17F3N4O2/c1-10-5-13(7-15(22)18(10)23)25-20(28)27-9-14-17(6-11(27)2)26-29-19(14)16-4-3-12(21)8-24-16/h3-5,7-8,11H,6,9H2,1-2H3,(H,25,28)/t11-/m0/s1. The van der Waals surface area contributed by atoms with Crippen LogP contribution in [0.25, 0.3) is 11.5 Å². The van der Waals surface area contributed by atoms with Crippen LogP contribution in [0, 0.1) is 24.4 Å². The molecular weight excluding hydrogens is 385 g/mol. The Morgan fingerprint density at radius 1 is 1.28 bits per heavy atom. The van der Waals surface area contributed by atoms with Crippen molar-refractivity contribution >= 4 is 11.7 Å². The number of nitrogens with one attached hydrogen (secondary N) is 1. The van der Waals surface area contributed by atoms with Crippen LogP contribution in [0.5, 0.6) is 0 Å². The van der Waals surface area contributed by atoms with Gasteiger partial charge in [0.2, 0.25) is 0 Å². The molecule has 0 bridgehead atoms. The molecule has 0 spiro atoms. The predicted molar refractivity (Wildman–Crippen MR) is 98.5 cm³/mol. The number of amides is 2. The third kappa shape index (κ3) is 3.55. The fourth-order valence-corrected chi connectivity index (χ4v) is 3.36. The number of carbonyl (C=O) groups excluding carboxylic acids is 1. The van der Waals surface area contributed by atoms with Crippen molar-refractivity contribution in [3.05, 3.63) is 64.7 Å². The Morgan fingerprint density at radius 2 is 2.07 bits per heavy atom. The number of nitrogens with zero attached hydrogens (tertiary/aromatic N) is 3. The predicted octanol–water partition coefficient (Wildman–Crippen LogP) is 4.44. The molecular formula is C20H17F3N4O2. The van der Waals surface area contributed by atoms with Gasteiger partial charge in [-0.15, -0.1) is 0 Å². The summed E-state index contributed by atoms with van der Waals surface area (Å²) < 4.78 is 45.7. The summed E-state index contributed by atoms with van der Waals surface area (Å²) in [5, 5.41) is 6.66. The molecule has 0 unspecified atom stereocenters. The molecule has 2 aromatic heterocycles. The summed E-state index contributed by atoms with van der Waals surface area (Å²) in [7, 11) is 0. The Labute approximate surface area is 164 Å². The Bertz CT molecular complexity index is 1060. The molecule has 3 aromatic rings. The summed E-state index contributed by atoms with van der Waals surface area (Å²) >= 11 is 0. The molecule has 9 heteroatoms. The van der Waals surface area contributed by atoms with Gasteiger partial charge in [-0.3, -0.25) is 0 Å². The van der Waals surface area contributed by atoms with E-state index in [1.54, 1.807) is 4.90 Å². The van der Waals surface area contributed by atoms with Crippen molar-refractivity contribution in [3.8, 4) is 11.5 Å². The van der Waals surface area contributed by atoms with Crippen LogP contribution in [0.15, 0.2) is 35.0 Å². The zero-order valence-corrected chi connectivity index (χ0v) is 15.7. The van der Waals surface area contributed by atoms with Gasteiger partial charge in [-0.1, -0.05) is 5.16 Å². The Kier molecular flexibility index (Phi) is 4.73. The molecule has 0 radical (unpaired) electrons. The first kappa shape index (κ1) is 19.0. The molecule has 29 heavy (non-hydrogen) atoms. The number of urea groups is 1. The highest BCUT2D eigenvalue weighted by Crippen LogP contribution is 2.32. The van der Waals surface area contributed by atoms with Gasteiger partial charge in [-0.05, 0) is 37.6 Å². The second-order valence-electron chi connectivity index (χ2n) is 7.00. The second kappa shape index (κ2) is 7.23. The molecule has 0 fully saturated rings. The number of aryl methyl sites for hydroxylation is 1. The number of benzene rings is 1. The molecule has 1 N–H and O–H groups in total. The molecule has 3 heterocycles. The van der Waals surface area contributed by atoms with E-state index < -0.39 is 23.5 Å². The highest BCUT2D eigenvalue weighted by molar-refractivity contribution is 5.90. The van der Waals surface area contributed by atoms with Gasteiger partial charge >= 0.3 is 6.03 Å². The van der Waals surface area contributed by atoms with E-state index in [0.29, 0.717) is 29.1 Å². The van der Waals surface area contributed by atoms with Crippen molar-refractivity contribution in [1.29, 1.82) is 0 Å². The monoisotopic (exact) mass is 402 g/mol. The first-order valence-corrected chi connectivity index (χ1v) is 8.96. The van der Waals surface area contributed by atoms with E-state index in [1.165, 1.54) is 25.1 Å². The normalized spacial score (nSPS) is 15.9. The number of hydrogen-bond acceptors (Lipinski definition) is 4. The first-order valence-electron chi connectivity index (χ1n) is 8.96. The zero-order chi connectivity index (χ0) is 20.7. The minimum absolute atomic E-state index is 0.0954. The minimum Gasteiger partial charge on any atom is -0.354 e. The number of halogens is 3. The lowest BCUT2D eigenvalue weighted by molar-refractivity contribution is 0.182. The smallest absolute Gasteiger partial charge is 0.322 e. The second-order valence-corrected chi connectivity index (χ2v) is 7.00. The maximum absolute atomic E-state index is 13.6. The fraction of sp³-hybridized carbons (Fsp3) is 0.250. The molecule has 1 aliphatic rings. The summed E-state index contributed by atoms with van der Waals surface area (Å²) in [5.41, 5.74) is 2.05. The zero-order valence-electron chi connectivity index (χ0n) is 15.7. The van der Waals surface area contributed by atoms with Crippen LogP contribution in [0.1, 0.15) is 23.7 Å². The molecule has 0 saturated carbocycles. The maximum atomic E-state index is 13.6. The lowest BCUT2D eigenvalue weighted by Crippen LogP contribution is -2.44. The number of fused-ring (bicyclic) bond motifs is 1. The number of rotatable bonds is 2. The number of hydrogen-bond donors (Lipinski definition) is 1. The summed E-state index contributed by atoms with van der Waals surface area (Å²) in [6.07, 6.45) is 1.52. The molecule has 6 nitrogen and oxygen atoms in total. The molecule has 1 atom stereocenters. The lowest BCUT2D eigenvalue weighted by atomic mass is 9.99. The molecule has 1 aromatic carbocycles. The van der Waals surface area contributed by atoms with E-state index in [-0.39, 0.29) is 23.8 Å². The first-order chi connectivity index (χ1) is 13.8. The number of carbonyl (C=O) groups is 1. The van der Waals surface area contributed by atoms with Crippen molar-refractivity contribution in [2.24, 2.45) is 0 Å². The Balaban J connectivity index is 1.59. The molecule has 0 aliphatic carbocycles. The average molecular weight is 402 g/mol. The van der Waals surface area contributed by atoms with E-state index >= 15 is 0 Å². The maximum Gasteiger partial charge on any atom is 0.322 e. The summed E-state index contributed by atoms with van der Waals surface area (Å²) in [5.74, 6) is -2.08. The molecule has 4 rings (SSSR count). The van der Waals surface area contributed by atoms with E-state index in [2.05, 4.69) is 15.5 Å². The highest BCUT2D eigenvalue weighted by atomic mass is 19.2. The van der Waals surface area contributed by atoms with Crippen LogP contribution in [-0.4, -0.2) is 27.1 Å². The summed E-state index contributed by atoms with van der Waals surface area (Å²) in [6.45, 7) is 3.45. The van der Waals surface area contributed by atoms with Crippen LogP contribution >= 0.6 is 0 Å². The Morgan fingerprint density at radius 3 is 2.76 bits per heavy atom. The summed E-state index contributed by atoms with van der Waals surface area (Å²) in [4.78, 5) is 18.3. The third-order valence-corrected chi connectivity index (χ3v) is 4.90. The fourth-order valence-electron chi connectivity index (χ4n) is 3.36. The van der Waals surface area contributed by atoms with Crippen molar-refractivity contribution in [3.63, 3.8) is 0 Å². The average Bonchev–Trinajstić information content (AvgIpc) is 3.08. The SMILES string of the molecule is Cc1cc(NC(=O)N2Cc3c(noc3-c3ccc(F)cn3)C[C@@H]2C)cc(F)c1F. The van der Waals surface area contributed by atoms with Crippen molar-refractivity contribution in [2.45, 2.75) is 32.9 Å². The van der Waals surface area contributed by atoms with E-state index in [0.717, 1.165) is 12.3 Å². The van der Waals surface area contributed by atoms with Crippen molar-refractivity contribution in [1.82, 2.24) is 15.0 Å². The van der Waals surface area contributed by atoms with Gasteiger partial charge in [0, 0.05) is 29.8 Å². The molecule has 150 valence electrons. The van der Waals surface area contributed by atoms with Crippen molar-refractivity contribution < 1.29 is 22.5 Å². The largest absolute Gasteiger partial charge is 0.354 e. The summed E-state index contributed by atoms with van der Waals surface area (Å²) in [6, 6.07) is 4.37. The highest BCUT2D eigenvalue weighted by Gasteiger charge is 2.32. The van der Waals surface area contributed by atoms with E-state index in [9.17, 15) is 18.0 Å². The van der Waals surface area contributed by atoms with Crippen LogP contribution in [0.3, 0.4) is 0 Å².